The highest BCUT2D eigenvalue weighted by Gasteiger charge is 2.31. The van der Waals surface area contributed by atoms with Crippen molar-refractivity contribution in [3.8, 4) is 0 Å². The highest BCUT2D eigenvalue weighted by Crippen LogP contribution is 2.23. The lowest BCUT2D eigenvalue weighted by molar-refractivity contribution is 0.0889. The Morgan fingerprint density at radius 3 is 2.89 bits per heavy atom. The smallest absolute Gasteiger partial charge is 0.0940 e. The number of likely N-dealkylation sites (tertiary alicyclic amines) is 1. The molecule has 2 rings (SSSR count). The molecule has 1 aromatic rings. The minimum Gasteiger partial charge on any atom is -0.317 e. The van der Waals surface area contributed by atoms with Gasteiger partial charge in [0, 0.05) is 36.1 Å². The molecular formula is C14H25N3S. The van der Waals surface area contributed by atoms with Crippen LogP contribution in [0, 0.1) is 12.8 Å². The highest BCUT2D eigenvalue weighted by molar-refractivity contribution is 7.09. The first kappa shape index (κ1) is 14.0. The van der Waals surface area contributed by atoms with Gasteiger partial charge in [0.2, 0.25) is 0 Å². The Balaban J connectivity index is 1.86. The lowest BCUT2D eigenvalue weighted by atomic mass is 9.87. The first-order valence-electron chi connectivity index (χ1n) is 6.94. The van der Waals surface area contributed by atoms with Crippen LogP contribution in [0.3, 0.4) is 0 Å². The van der Waals surface area contributed by atoms with Gasteiger partial charge in [-0.25, -0.2) is 4.98 Å². The fraction of sp³-hybridized carbons (Fsp3) is 0.786. The van der Waals surface area contributed by atoms with Crippen molar-refractivity contribution in [3.05, 3.63) is 16.1 Å². The van der Waals surface area contributed by atoms with Crippen molar-refractivity contribution < 1.29 is 0 Å². The second-order valence-electron chi connectivity index (χ2n) is 5.45. The molecule has 1 N–H and O–H groups in total. The van der Waals surface area contributed by atoms with Crippen molar-refractivity contribution >= 4 is 11.3 Å². The Hall–Kier alpha value is -0.450. The summed E-state index contributed by atoms with van der Waals surface area (Å²) in [6.07, 6.45) is 2.36. The number of nitrogens with zero attached hydrogens (tertiary/aromatic N) is 2. The molecule has 3 nitrogen and oxygen atoms in total. The van der Waals surface area contributed by atoms with Crippen LogP contribution in [0.2, 0.25) is 0 Å². The van der Waals surface area contributed by atoms with Crippen LogP contribution in [0.25, 0.3) is 0 Å². The van der Waals surface area contributed by atoms with Crippen LogP contribution in [-0.2, 0) is 6.42 Å². The number of rotatable bonds is 4. The molecule has 0 aliphatic carbocycles. The Morgan fingerprint density at radius 1 is 1.50 bits per heavy atom. The number of nitrogens with one attached hydrogen (secondary N) is 1. The van der Waals surface area contributed by atoms with Crippen LogP contribution < -0.4 is 5.32 Å². The molecule has 0 amide bonds. The van der Waals surface area contributed by atoms with E-state index >= 15 is 0 Å². The van der Waals surface area contributed by atoms with E-state index in [0.29, 0.717) is 12.1 Å². The van der Waals surface area contributed by atoms with E-state index in [-0.39, 0.29) is 0 Å². The third kappa shape index (κ3) is 3.11. The maximum absolute atomic E-state index is 4.55. The van der Waals surface area contributed by atoms with Gasteiger partial charge in [0.05, 0.1) is 5.01 Å². The number of aromatic nitrogens is 1. The highest BCUT2D eigenvalue weighted by atomic mass is 32.1. The Morgan fingerprint density at radius 2 is 2.28 bits per heavy atom. The molecule has 0 aromatic carbocycles. The van der Waals surface area contributed by atoms with Gasteiger partial charge in [0.15, 0.2) is 0 Å². The van der Waals surface area contributed by atoms with E-state index in [1.807, 2.05) is 0 Å². The van der Waals surface area contributed by atoms with Gasteiger partial charge in [0.25, 0.3) is 0 Å². The standard InChI is InChI=1S/C14H25N3S/c1-10-9-18-14(16-10)6-8-17-7-5-13(15-4)11(2)12(17)3/h9,11-13,15H,5-8H2,1-4H3. The number of hydrogen-bond acceptors (Lipinski definition) is 4. The summed E-state index contributed by atoms with van der Waals surface area (Å²) < 4.78 is 0. The summed E-state index contributed by atoms with van der Waals surface area (Å²) in [5.74, 6) is 0.724. The van der Waals surface area contributed by atoms with E-state index in [2.05, 4.69) is 48.4 Å². The van der Waals surface area contributed by atoms with E-state index in [4.69, 9.17) is 0 Å². The molecule has 0 bridgehead atoms. The average molecular weight is 267 g/mol. The van der Waals surface area contributed by atoms with Crippen molar-refractivity contribution in [1.29, 1.82) is 0 Å². The number of hydrogen-bond donors (Lipinski definition) is 1. The van der Waals surface area contributed by atoms with Gasteiger partial charge in [-0.1, -0.05) is 6.92 Å². The van der Waals surface area contributed by atoms with Crippen LogP contribution in [0.4, 0.5) is 0 Å². The molecule has 1 fully saturated rings. The van der Waals surface area contributed by atoms with Crippen molar-refractivity contribution in [2.24, 2.45) is 5.92 Å². The zero-order valence-corrected chi connectivity index (χ0v) is 12.8. The minimum absolute atomic E-state index is 0.664. The molecule has 102 valence electrons. The first-order chi connectivity index (χ1) is 8.61. The van der Waals surface area contributed by atoms with Gasteiger partial charge in [-0.2, -0.15) is 0 Å². The average Bonchev–Trinajstić information content (AvgIpc) is 2.77. The van der Waals surface area contributed by atoms with Gasteiger partial charge in [-0.05, 0) is 39.8 Å². The van der Waals surface area contributed by atoms with Crippen LogP contribution in [0.1, 0.15) is 31.0 Å². The molecular weight excluding hydrogens is 242 g/mol. The summed E-state index contributed by atoms with van der Waals surface area (Å²) in [5.41, 5.74) is 1.16. The molecule has 1 saturated heterocycles. The number of thiazole rings is 1. The maximum atomic E-state index is 4.55. The molecule has 2 heterocycles. The SMILES string of the molecule is CNC1CCN(CCc2nc(C)cs2)C(C)C1C. The third-order valence-corrected chi connectivity index (χ3v) is 5.38. The maximum Gasteiger partial charge on any atom is 0.0940 e. The molecule has 0 spiro atoms. The van der Waals surface area contributed by atoms with Crippen LogP contribution in [0.5, 0.6) is 0 Å². The summed E-state index contributed by atoms with van der Waals surface area (Å²) in [5, 5.41) is 6.87. The second-order valence-corrected chi connectivity index (χ2v) is 6.39. The van der Waals surface area contributed by atoms with Crippen LogP contribution in [0.15, 0.2) is 5.38 Å². The molecule has 1 aliphatic heterocycles. The summed E-state index contributed by atoms with van der Waals surface area (Å²) in [6, 6.07) is 1.34. The fourth-order valence-corrected chi connectivity index (χ4v) is 3.68. The van der Waals surface area contributed by atoms with E-state index in [0.717, 1.165) is 24.6 Å². The third-order valence-electron chi connectivity index (χ3n) is 4.35. The summed E-state index contributed by atoms with van der Waals surface area (Å²) in [4.78, 5) is 7.17. The van der Waals surface area contributed by atoms with Crippen LogP contribution >= 0.6 is 11.3 Å². The lowest BCUT2D eigenvalue weighted by Gasteiger charge is -2.42. The Bertz CT molecular complexity index is 377. The second kappa shape index (κ2) is 6.13. The van der Waals surface area contributed by atoms with Crippen molar-refractivity contribution in [2.75, 3.05) is 20.1 Å². The molecule has 18 heavy (non-hydrogen) atoms. The summed E-state index contributed by atoms with van der Waals surface area (Å²) in [7, 11) is 2.09. The monoisotopic (exact) mass is 267 g/mol. The Kier molecular flexibility index (Phi) is 4.76. The van der Waals surface area contributed by atoms with Crippen molar-refractivity contribution in [2.45, 2.75) is 45.7 Å². The topological polar surface area (TPSA) is 28.2 Å². The van der Waals surface area contributed by atoms with E-state index in [1.54, 1.807) is 11.3 Å². The predicted octanol–water partition coefficient (Wildman–Crippen LogP) is 2.31. The molecule has 3 atom stereocenters. The van der Waals surface area contributed by atoms with Gasteiger partial charge >= 0.3 is 0 Å². The fourth-order valence-electron chi connectivity index (χ4n) is 2.92. The van der Waals surface area contributed by atoms with E-state index in [1.165, 1.54) is 18.0 Å². The minimum atomic E-state index is 0.664. The van der Waals surface area contributed by atoms with Crippen LogP contribution in [-0.4, -0.2) is 42.1 Å². The lowest BCUT2D eigenvalue weighted by Crippen LogP contribution is -2.53. The quantitative estimate of drug-likeness (QED) is 0.907. The normalized spacial score (nSPS) is 29.7. The van der Waals surface area contributed by atoms with Gasteiger partial charge in [0.1, 0.15) is 0 Å². The molecule has 0 saturated carbocycles. The zero-order valence-electron chi connectivity index (χ0n) is 11.9. The summed E-state index contributed by atoms with van der Waals surface area (Å²) in [6.45, 7) is 9.16. The molecule has 4 heteroatoms. The molecule has 3 unspecified atom stereocenters. The van der Waals surface area contributed by atoms with Gasteiger partial charge in [-0.15, -0.1) is 11.3 Å². The Labute approximate surface area is 115 Å². The first-order valence-corrected chi connectivity index (χ1v) is 7.82. The number of piperidine rings is 1. The van der Waals surface area contributed by atoms with E-state index in [9.17, 15) is 0 Å². The van der Waals surface area contributed by atoms with Gasteiger partial charge < -0.3 is 5.32 Å². The van der Waals surface area contributed by atoms with Crippen molar-refractivity contribution in [1.82, 2.24) is 15.2 Å². The molecule has 0 radical (unpaired) electrons. The number of aryl methyl sites for hydroxylation is 1. The van der Waals surface area contributed by atoms with E-state index < -0.39 is 0 Å². The van der Waals surface area contributed by atoms with Crippen molar-refractivity contribution in [3.63, 3.8) is 0 Å². The predicted molar refractivity (Wildman–Crippen MR) is 78.2 cm³/mol. The molecule has 1 aliphatic rings. The zero-order chi connectivity index (χ0) is 13.1. The summed E-state index contributed by atoms with van der Waals surface area (Å²) >= 11 is 1.80. The van der Waals surface area contributed by atoms with Gasteiger partial charge in [-0.3, -0.25) is 4.90 Å². The largest absolute Gasteiger partial charge is 0.317 e. The molecule has 1 aromatic heterocycles.